The molecule has 1 aromatic carbocycles. The topological polar surface area (TPSA) is 66.4 Å². The van der Waals surface area contributed by atoms with Crippen molar-refractivity contribution in [2.45, 2.75) is 24.3 Å². The second-order valence-electron chi connectivity index (χ2n) is 4.65. The van der Waals surface area contributed by atoms with Gasteiger partial charge in [0.15, 0.2) is 0 Å². The van der Waals surface area contributed by atoms with Crippen molar-refractivity contribution in [1.82, 2.24) is 4.72 Å². The molecule has 0 bridgehead atoms. The lowest BCUT2D eigenvalue weighted by Gasteiger charge is -2.15. The summed E-state index contributed by atoms with van der Waals surface area (Å²) in [7, 11) is -3.60. The summed E-state index contributed by atoms with van der Waals surface area (Å²) in [5, 5.41) is 9.46. The summed E-state index contributed by atoms with van der Waals surface area (Å²) < 4.78 is 27.2. The number of nitrogens with one attached hydrogen (secondary N) is 1. The highest BCUT2D eigenvalue weighted by atomic mass is 35.5. The Morgan fingerprint density at radius 1 is 1.42 bits per heavy atom. The Morgan fingerprint density at radius 3 is 2.79 bits per heavy atom. The fourth-order valence-corrected chi connectivity index (χ4v) is 3.84. The minimum absolute atomic E-state index is 0.0214. The maximum Gasteiger partial charge on any atom is 0.241 e. The van der Waals surface area contributed by atoms with E-state index in [1.165, 1.54) is 6.07 Å². The maximum absolute atomic E-state index is 12.3. The van der Waals surface area contributed by atoms with Gasteiger partial charge in [-0.25, -0.2) is 13.1 Å². The van der Waals surface area contributed by atoms with Crippen LogP contribution in [0, 0.1) is 12.8 Å². The van der Waals surface area contributed by atoms with Crippen molar-refractivity contribution in [2.75, 3.05) is 6.61 Å². The summed E-state index contributed by atoms with van der Waals surface area (Å²) in [6.45, 7) is 1.71. The van der Waals surface area contributed by atoms with Crippen molar-refractivity contribution in [1.29, 1.82) is 0 Å². The molecule has 0 spiro atoms. The van der Waals surface area contributed by atoms with Crippen LogP contribution in [0.3, 0.4) is 0 Å². The van der Waals surface area contributed by atoms with E-state index in [1.807, 2.05) is 6.08 Å². The van der Waals surface area contributed by atoms with E-state index >= 15 is 0 Å². The van der Waals surface area contributed by atoms with Crippen molar-refractivity contribution < 1.29 is 13.5 Å². The summed E-state index contributed by atoms with van der Waals surface area (Å²) in [6, 6.07) is 4.53. The van der Waals surface area contributed by atoms with Crippen LogP contribution >= 0.6 is 11.6 Å². The predicted molar refractivity (Wildman–Crippen MR) is 74.6 cm³/mol. The fourth-order valence-electron chi connectivity index (χ4n) is 2.14. The first-order valence-corrected chi connectivity index (χ1v) is 7.87. The molecule has 0 fully saturated rings. The molecule has 0 saturated carbocycles. The van der Waals surface area contributed by atoms with Gasteiger partial charge in [0.25, 0.3) is 0 Å². The van der Waals surface area contributed by atoms with Crippen LogP contribution in [0.15, 0.2) is 35.2 Å². The van der Waals surface area contributed by atoms with Crippen LogP contribution in [0.25, 0.3) is 0 Å². The molecule has 2 atom stereocenters. The van der Waals surface area contributed by atoms with Gasteiger partial charge in [0.2, 0.25) is 10.0 Å². The van der Waals surface area contributed by atoms with Crippen molar-refractivity contribution >= 4 is 21.6 Å². The van der Waals surface area contributed by atoms with E-state index < -0.39 is 10.0 Å². The van der Waals surface area contributed by atoms with Crippen LogP contribution in [-0.2, 0) is 10.0 Å². The van der Waals surface area contributed by atoms with E-state index in [-0.39, 0.29) is 23.5 Å². The number of rotatable bonds is 4. The molecule has 6 heteroatoms. The molecule has 1 aliphatic rings. The monoisotopic (exact) mass is 301 g/mol. The molecule has 2 N–H and O–H groups in total. The zero-order valence-electron chi connectivity index (χ0n) is 10.5. The van der Waals surface area contributed by atoms with E-state index in [4.69, 9.17) is 16.7 Å². The fraction of sp³-hybridized carbons (Fsp3) is 0.385. The van der Waals surface area contributed by atoms with Gasteiger partial charge in [-0.05, 0) is 31.0 Å². The molecule has 0 radical (unpaired) electrons. The Balaban J connectivity index is 2.20. The van der Waals surface area contributed by atoms with Gasteiger partial charge >= 0.3 is 0 Å². The van der Waals surface area contributed by atoms with E-state index in [1.54, 1.807) is 25.1 Å². The van der Waals surface area contributed by atoms with Crippen molar-refractivity contribution in [3.8, 4) is 0 Å². The predicted octanol–water partition coefficient (Wildman–Crippen LogP) is 1.86. The zero-order chi connectivity index (χ0) is 14.0. The zero-order valence-corrected chi connectivity index (χ0v) is 12.1. The van der Waals surface area contributed by atoms with E-state index in [0.29, 0.717) is 17.0 Å². The van der Waals surface area contributed by atoms with Crippen LogP contribution in [0.5, 0.6) is 0 Å². The van der Waals surface area contributed by atoms with Crippen LogP contribution in [0.4, 0.5) is 0 Å². The number of halogens is 1. The molecule has 4 nitrogen and oxygen atoms in total. The van der Waals surface area contributed by atoms with Gasteiger partial charge in [0.1, 0.15) is 0 Å². The van der Waals surface area contributed by atoms with Gasteiger partial charge in [-0.15, -0.1) is 0 Å². The summed E-state index contributed by atoms with van der Waals surface area (Å²) >= 11 is 5.94. The second kappa shape index (κ2) is 5.63. The smallest absolute Gasteiger partial charge is 0.241 e. The molecule has 0 aliphatic heterocycles. The number of sulfonamides is 1. The average molecular weight is 302 g/mol. The van der Waals surface area contributed by atoms with Crippen molar-refractivity contribution in [2.24, 2.45) is 5.92 Å². The molecule has 0 saturated heterocycles. The molecule has 0 heterocycles. The molecule has 2 rings (SSSR count). The molecule has 1 aliphatic carbocycles. The highest BCUT2D eigenvalue weighted by Crippen LogP contribution is 2.24. The molecule has 0 aromatic heterocycles. The van der Waals surface area contributed by atoms with Gasteiger partial charge in [-0.3, -0.25) is 0 Å². The third kappa shape index (κ3) is 3.17. The van der Waals surface area contributed by atoms with Gasteiger partial charge in [-0.1, -0.05) is 29.8 Å². The number of aliphatic hydroxyl groups is 1. The van der Waals surface area contributed by atoms with Gasteiger partial charge in [0, 0.05) is 23.6 Å². The van der Waals surface area contributed by atoms with Gasteiger partial charge < -0.3 is 5.11 Å². The number of hydrogen-bond donors (Lipinski definition) is 2. The summed E-state index contributed by atoms with van der Waals surface area (Å²) in [4.78, 5) is 0.195. The number of benzene rings is 1. The largest absolute Gasteiger partial charge is 0.396 e. The molecule has 0 amide bonds. The summed E-state index contributed by atoms with van der Waals surface area (Å²) in [5.74, 6) is 0.0214. The molecule has 19 heavy (non-hydrogen) atoms. The minimum Gasteiger partial charge on any atom is -0.396 e. The first-order valence-electron chi connectivity index (χ1n) is 6.00. The number of aliphatic hydroxyl groups excluding tert-OH is 1. The SMILES string of the molecule is Cc1c(Cl)cccc1S(=O)(=O)N[C@@H]1C=C[C@H](CO)C1. The molecular weight excluding hydrogens is 286 g/mol. The normalized spacial score (nSPS) is 22.9. The van der Waals surface area contributed by atoms with Gasteiger partial charge in [0.05, 0.1) is 4.90 Å². The first kappa shape index (κ1) is 14.5. The molecule has 104 valence electrons. The summed E-state index contributed by atoms with van der Waals surface area (Å²) in [5.41, 5.74) is 0.539. The van der Waals surface area contributed by atoms with Crippen LogP contribution < -0.4 is 4.72 Å². The van der Waals surface area contributed by atoms with Crippen LogP contribution in [0.2, 0.25) is 5.02 Å². The first-order chi connectivity index (χ1) is 8.94. The van der Waals surface area contributed by atoms with Crippen molar-refractivity contribution in [3.63, 3.8) is 0 Å². The van der Waals surface area contributed by atoms with Crippen LogP contribution in [-0.4, -0.2) is 26.2 Å². The van der Waals surface area contributed by atoms with E-state index in [0.717, 1.165) is 0 Å². The quantitative estimate of drug-likeness (QED) is 0.834. The Bertz CT molecular complexity index is 598. The third-order valence-corrected chi connectivity index (χ3v) is 5.26. The Kier molecular flexibility index (Phi) is 4.30. The maximum atomic E-state index is 12.3. The van der Waals surface area contributed by atoms with E-state index in [2.05, 4.69) is 4.72 Å². The highest BCUT2D eigenvalue weighted by molar-refractivity contribution is 7.89. The number of hydrogen-bond acceptors (Lipinski definition) is 3. The standard InChI is InChI=1S/C13H16ClNO3S/c1-9-12(14)3-2-4-13(9)19(17,18)15-11-6-5-10(7-11)8-16/h2-6,10-11,15-16H,7-8H2,1H3/t10-,11+/m0/s1. The third-order valence-electron chi connectivity index (χ3n) is 3.22. The Hall–Kier alpha value is -0.880. The lowest BCUT2D eigenvalue weighted by Crippen LogP contribution is -2.33. The van der Waals surface area contributed by atoms with E-state index in [9.17, 15) is 8.42 Å². The Labute approximate surface area is 118 Å². The summed E-state index contributed by atoms with van der Waals surface area (Å²) in [6.07, 6.45) is 4.19. The average Bonchev–Trinajstić information content (AvgIpc) is 2.79. The van der Waals surface area contributed by atoms with Crippen LogP contribution in [0.1, 0.15) is 12.0 Å². The lowest BCUT2D eigenvalue weighted by atomic mass is 10.1. The highest BCUT2D eigenvalue weighted by Gasteiger charge is 2.25. The van der Waals surface area contributed by atoms with Crippen molar-refractivity contribution in [3.05, 3.63) is 40.9 Å². The molecule has 1 aromatic rings. The Morgan fingerprint density at radius 2 is 2.16 bits per heavy atom. The lowest BCUT2D eigenvalue weighted by molar-refractivity contribution is 0.248. The second-order valence-corrected chi connectivity index (χ2v) is 6.74. The molecular formula is C13H16ClNO3S. The van der Waals surface area contributed by atoms with Gasteiger partial charge in [-0.2, -0.15) is 0 Å². The molecule has 0 unspecified atom stereocenters. The minimum atomic E-state index is -3.60.